The van der Waals surface area contributed by atoms with Gasteiger partial charge in [-0.25, -0.2) is 17.5 Å². The van der Waals surface area contributed by atoms with Gasteiger partial charge in [-0.3, -0.25) is 0 Å². The molecule has 0 aliphatic heterocycles. The molecule has 1 aromatic rings. The summed E-state index contributed by atoms with van der Waals surface area (Å²) in [7, 11) is -3.70. The number of hydrogen-bond donors (Lipinski definition) is 2. The zero-order valence-corrected chi connectivity index (χ0v) is 14.5. The van der Waals surface area contributed by atoms with E-state index in [9.17, 15) is 12.8 Å². The summed E-state index contributed by atoms with van der Waals surface area (Å²) in [5.74, 6) is -0.499. The van der Waals surface area contributed by atoms with Crippen LogP contribution in [0, 0.1) is 5.82 Å². The first-order valence-electron chi connectivity index (χ1n) is 5.97. The summed E-state index contributed by atoms with van der Waals surface area (Å²) in [6.45, 7) is 3.96. The highest BCUT2D eigenvalue weighted by Gasteiger charge is 2.25. The molecule has 0 unspecified atom stereocenters. The molecule has 0 bridgehead atoms. The summed E-state index contributed by atoms with van der Waals surface area (Å²) in [4.78, 5) is 0.00320. The molecular formula is C12H19BrClFN2O2S. The van der Waals surface area contributed by atoms with Crippen LogP contribution in [-0.4, -0.2) is 20.5 Å². The van der Waals surface area contributed by atoms with Crippen LogP contribution in [0.5, 0.6) is 0 Å². The van der Waals surface area contributed by atoms with E-state index in [4.69, 9.17) is 5.73 Å². The largest absolute Gasteiger partial charge is 0.324 e. The van der Waals surface area contributed by atoms with Crippen molar-refractivity contribution in [2.24, 2.45) is 5.73 Å². The predicted molar refractivity (Wildman–Crippen MR) is 84.0 cm³/mol. The molecular weight excluding hydrogens is 371 g/mol. The Balaban J connectivity index is 0.00000361. The Kier molecular flexibility index (Phi) is 7.62. The minimum atomic E-state index is -3.70. The lowest BCUT2D eigenvalue weighted by Crippen LogP contribution is -2.49. The van der Waals surface area contributed by atoms with Gasteiger partial charge in [0.25, 0.3) is 0 Å². The van der Waals surface area contributed by atoms with Gasteiger partial charge in [0.15, 0.2) is 0 Å². The molecule has 116 valence electrons. The molecule has 0 aliphatic carbocycles. The molecule has 3 N–H and O–H groups in total. The monoisotopic (exact) mass is 388 g/mol. The number of nitrogens with one attached hydrogen (secondary N) is 1. The molecule has 20 heavy (non-hydrogen) atoms. The van der Waals surface area contributed by atoms with E-state index < -0.39 is 21.4 Å². The van der Waals surface area contributed by atoms with Gasteiger partial charge < -0.3 is 5.73 Å². The molecule has 0 amide bonds. The Morgan fingerprint density at radius 2 is 1.90 bits per heavy atom. The first-order valence-corrected chi connectivity index (χ1v) is 8.25. The molecule has 8 heteroatoms. The van der Waals surface area contributed by atoms with Crippen LogP contribution < -0.4 is 10.5 Å². The molecule has 0 heterocycles. The Labute approximate surface area is 133 Å². The van der Waals surface area contributed by atoms with Crippen molar-refractivity contribution in [1.29, 1.82) is 0 Å². The van der Waals surface area contributed by atoms with Crippen molar-refractivity contribution in [2.75, 3.05) is 6.54 Å². The van der Waals surface area contributed by atoms with Gasteiger partial charge in [-0.1, -0.05) is 13.8 Å². The van der Waals surface area contributed by atoms with Gasteiger partial charge in [0.05, 0.1) is 4.90 Å². The Bertz CT molecular complexity index is 550. The second-order valence-corrected chi connectivity index (χ2v) is 7.06. The third-order valence-electron chi connectivity index (χ3n) is 3.21. The summed E-state index contributed by atoms with van der Waals surface area (Å²) in [5, 5.41) is 0. The van der Waals surface area contributed by atoms with Crippen LogP contribution in [0.1, 0.15) is 26.7 Å². The lowest BCUT2D eigenvalue weighted by molar-refractivity contribution is 0.391. The standard InChI is InChI=1S/C12H18BrFN2O2S.ClH/c1-3-12(15,4-2)8-16-19(17,18)11-6-5-9(14)7-10(11)13;/h5-7,16H,3-4,8,15H2,1-2H3;1H. The summed E-state index contributed by atoms with van der Waals surface area (Å²) >= 11 is 3.05. The topological polar surface area (TPSA) is 72.2 Å². The van der Waals surface area contributed by atoms with Gasteiger partial charge in [0, 0.05) is 16.6 Å². The number of sulfonamides is 1. The number of hydrogen-bond acceptors (Lipinski definition) is 3. The van der Waals surface area contributed by atoms with Crippen LogP contribution in [0.3, 0.4) is 0 Å². The molecule has 0 radical (unpaired) electrons. The minimum absolute atomic E-state index is 0. The molecule has 1 rings (SSSR count). The van der Waals surface area contributed by atoms with Gasteiger partial charge in [-0.2, -0.15) is 0 Å². The van der Waals surface area contributed by atoms with Gasteiger partial charge in [0.1, 0.15) is 5.82 Å². The van der Waals surface area contributed by atoms with E-state index in [1.807, 2.05) is 13.8 Å². The van der Waals surface area contributed by atoms with E-state index in [2.05, 4.69) is 20.7 Å². The molecule has 0 saturated heterocycles. The van der Waals surface area contributed by atoms with Crippen molar-refractivity contribution >= 4 is 38.4 Å². The van der Waals surface area contributed by atoms with Crippen molar-refractivity contribution in [3.05, 3.63) is 28.5 Å². The van der Waals surface area contributed by atoms with E-state index >= 15 is 0 Å². The van der Waals surface area contributed by atoms with Crippen LogP contribution in [-0.2, 0) is 10.0 Å². The lowest BCUT2D eigenvalue weighted by Gasteiger charge is -2.26. The molecule has 0 saturated carbocycles. The third-order valence-corrected chi connectivity index (χ3v) is 5.58. The SMILES string of the molecule is CCC(N)(CC)CNS(=O)(=O)c1ccc(F)cc1Br.Cl. The van der Waals surface area contributed by atoms with E-state index in [0.29, 0.717) is 12.8 Å². The Morgan fingerprint density at radius 1 is 1.35 bits per heavy atom. The molecule has 0 aliphatic rings. The zero-order valence-electron chi connectivity index (χ0n) is 11.3. The number of benzene rings is 1. The zero-order chi connectivity index (χ0) is 14.7. The first kappa shape index (κ1) is 19.8. The summed E-state index contributed by atoms with van der Waals surface area (Å²) in [6.07, 6.45) is 1.33. The van der Waals surface area contributed by atoms with Crippen molar-refractivity contribution in [2.45, 2.75) is 37.1 Å². The van der Waals surface area contributed by atoms with E-state index in [0.717, 1.165) is 12.1 Å². The van der Waals surface area contributed by atoms with Crippen molar-refractivity contribution in [3.63, 3.8) is 0 Å². The van der Waals surface area contributed by atoms with Crippen LogP contribution in [0.4, 0.5) is 4.39 Å². The fourth-order valence-corrected chi connectivity index (χ4v) is 3.70. The van der Waals surface area contributed by atoms with E-state index in [1.54, 1.807) is 0 Å². The van der Waals surface area contributed by atoms with Crippen LogP contribution >= 0.6 is 28.3 Å². The second-order valence-electron chi connectivity index (χ2n) is 4.47. The highest BCUT2D eigenvalue weighted by atomic mass is 79.9. The van der Waals surface area contributed by atoms with Gasteiger partial charge in [0.2, 0.25) is 10.0 Å². The summed E-state index contributed by atoms with van der Waals surface area (Å²) < 4.78 is 39.9. The molecule has 0 aromatic heterocycles. The average molecular weight is 390 g/mol. The smallest absolute Gasteiger partial charge is 0.241 e. The number of rotatable bonds is 6. The average Bonchev–Trinajstić information content (AvgIpc) is 2.35. The summed E-state index contributed by atoms with van der Waals surface area (Å²) in [6, 6.07) is 3.44. The van der Waals surface area contributed by atoms with Crippen molar-refractivity contribution < 1.29 is 12.8 Å². The number of nitrogens with two attached hydrogens (primary N) is 1. The maximum atomic E-state index is 13.0. The fraction of sp³-hybridized carbons (Fsp3) is 0.500. The van der Waals surface area contributed by atoms with Crippen molar-refractivity contribution in [3.8, 4) is 0 Å². The maximum absolute atomic E-state index is 13.0. The third kappa shape index (κ3) is 4.96. The van der Waals surface area contributed by atoms with E-state index in [1.165, 1.54) is 6.07 Å². The van der Waals surface area contributed by atoms with Gasteiger partial charge >= 0.3 is 0 Å². The number of halogens is 3. The van der Waals surface area contributed by atoms with Gasteiger partial charge in [-0.15, -0.1) is 12.4 Å². The molecule has 0 fully saturated rings. The minimum Gasteiger partial charge on any atom is -0.324 e. The second kappa shape index (κ2) is 7.70. The lowest BCUT2D eigenvalue weighted by atomic mass is 9.95. The highest BCUT2D eigenvalue weighted by Crippen LogP contribution is 2.23. The summed E-state index contributed by atoms with van der Waals surface area (Å²) in [5.41, 5.74) is 5.48. The van der Waals surface area contributed by atoms with Crippen LogP contribution in [0.25, 0.3) is 0 Å². The highest BCUT2D eigenvalue weighted by molar-refractivity contribution is 9.10. The first-order chi connectivity index (χ1) is 8.74. The van der Waals surface area contributed by atoms with Crippen LogP contribution in [0.15, 0.2) is 27.6 Å². The molecule has 4 nitrogen and oxygen atoms in total. The van der Waals surface area contributed by atoms with Gasteiger partial charge in [-0.05, 0) is 47.0 Å². The normalized spacial score (nSPS) is 12.1. The maximum Gasteiger partial charge on any atom is 0.241 e. The Morgan fingerprint density at radius 3 is 2.35 bits per heavy atom. The van der Waals surface area contributed by atoms with Crippen molar-refractivity contribution in [1.82, 2.24) is 4.72 Å². The quantitative estimate of drug-likeness (QED) is 0.786. The molecule has 1 aromatic carbocycles. The predicted octanol–water partition coefficient (Wildman–Crippen LogP) is 2.81. The fourth-order valence-electron chi connectivity index (χ4n) is 1.51. The molecule has 0 atom stereocenters. The Hall–Kier alpha value is -0.210. The van der Waals surface area contributed by atoms with Crippen LogP contribution in [0.2, 0.25) is 0 Å². The molecule has 0 spiro atoms. The van der Waals surface area contributed by atoms with E-state index in [-0.39, 0.29) is 28.3 Å².